The van der Waals surface area contributed by atoms with Gasteiger partial charge in [-0.3, -0.25) is 9.59 Å². The Labute approximate surface area is 111 Å². The lowest BCUT2D eigenvalue weighted by Crippen LogP contribution is -2.39. The van der Waals surface area contributed by atoms with Crippen LogP contribution in [0.5, 0.6) is 0 Å². The maximum atomic E-state index is 13.5. The number of hydrogen-bond acceptors (Lipinski definition) is 2. The van der Waals surface area contributed by atoms with Crippen molar-refractivity contribution in [3.63, 3.8) is 0 Å². The highest BCUT2D eigenvalue weighted by molar-refractivity contribution is 6.64. The van der Waals surface area contributed by atoms with Crippen LogP contribution in [0.4, 0.5) is 13.2 Å². The van der Waals surface area contributed by atoms with Gasteiger partial charge in [0.05, 0.1) is 5.56 Å². The van der Waals surface area contributed by atoms with Crippen LogP contribution < -0.4 is 0 Å². The summed E-state index contributed by atoms with van der Waals surface area (Å²) in [5.41, 5.74) is -0.608. The third-order valence-electron chi connectivity index (χ3n) is 3.04. The molecule has 0 saturated carbocycles. The van der Waals surface area contributed by atoms with E-state index in [2.05, 4.69) is 0 Å². The smallest absolute Gasteiger partial charge is 0.257 e. The molecule has 0 aromatic heterocycles. The molecule has 0 N–H and O–H groups in total. The first-order chi connectivity index (χ1) is 8.93. The lowest BCUT2D eigenvalue weighted by molar-refractivity contribution is -0.115. The van der Waals surface area contributed by atoms with Crippen LogP contribution >= 0.6 is 11.6 Å². The molecule has 0 aliphatic carbocycles. The third kappa shape index (κ3) is 2.45. The Morgan fingerprint density at radius 2 is 1.89 bits per heavy atom. The second-order valence-corrected chi connectivity index (χ2v) is 4.56. The number of hydrogen-bond donors (Lipinski definition) is 0. The normalized spacial score (nSPS) is 18.7. The minimum Gasteiger partial charge on any atom is -0.327 e. The zero-order chi connectivity index (χ0) is 14.2. The van der Waals surface area contributed by atoms with Gasteiger partial charge < -0.3 is 4.90 Å². The van der Waals surface area contributed by atoms with Gasteiger partial charge in [-0.25, -0.2) is 13.2 Å². The van der Waals surface area contributed by atoms with E-state index in [4.69, 9.17) is 11.6 Å². The first-order valence-electron chi connectivity index (χ1n) is 5.57. The van der Waals surface area contributed by atoms with Crippen LogP contribution in [0, 0.1) is 17.5 Å². The summed E-state index contributed by atoms with van der Waals surface area (Å²) in [7, 11) is 0. The van der Waals surface area contributed by atoms with Gasteiger partial charge in [0.25, 0.3) is 5.91 Å². The molecule has 1 aliphatic heterocycles. The molecule has 1 fully saturated rings. The van der Waals surface area contributed by atoms with Crippen LogP contribution in [0.3, 0.4) is 0 Å². The van der Waals surface area contributed by atoms with Crippen molar-refractivity contribution in [2.45, 2.75) is 18.9 Å². The molecule has 1 amide bonds. The summed E-state index contributed by atoms with van der Waals surface area (Å²) in [6.07, 6.45) is 0.916. The van der Waals surface area contributed by atoms with Crippen LogP contribution in [0.1, 0.15) is 23.2 Å². The zero-order valence-electron chi connectivity index (χ0n) is 9.63. The maximum Gasteiger partial charge on any atom is 0.257 e. The predicted octanol–water partition coefficient (Wildman–Crippen LogP) is 2.47. The first-order valence-corrected chi connectivity index (χ1v) is 5.95. The molecule has 2 rings (SSSR count). The van der Waals surface area contributed by atoms with Crippen molar-refractivity contribution in [2.75, 3.05) is 6.54 Å². The Bertz CT molecular complexity index is 550. The molecule has 0 radical (unpaired) electrons. The summed E-state index contributed by atoms with van der Waals surface area (Å²) in [4.78, 5) is 24.2. The third-order valence-corrected chi connectivity index (χ3v) is 3.29. The molecule has 1 aromatic rings. The Hall–Kier alpha value is -1.56. The molecule has 1 unspecified atom stereocenters. The highest BCUT2D eigenvalue weighted by Gasteiger charge is 2.35. The summed E-state index contributed by atoms with van der Waals surface area (Å²) in [6.45, 7) is 0.223. The van der Waals surface area contributed by atoms with Crippen molar-refractivity contribution < 1.29 is 22.8 Å². The molecule has 19 heavy (non-hydrogen) atoms. The highest BCUT2D eigenvalue weighted by atomic mass is 35.5. The zero-order valence-corrected chi connectivity index (χ0v) is 10.4. The Kier molecular flexibility index (Phi) is 3.80. The van der Waals surface area contributed by atoms with Crippen molar-refractivity contribution in [1.29, 1.82) is 0 Å². The molecule has 0 spiro atoms. The van der Waals surface area contributed by atoms with Crippen LogP contribution in [0.25, 0.3) is 0 Å². The van der Waals surface area contributed by atoms with Crippen molar-refractivity contribution in [3.05, 3.63) is 35.1 Å². The SMILES string of the molecule is O=C(Cl)C1CCCN1C(=O)c1ccc(F)c(F)c1F. The van der Waals surface area contributed by atoms with E-state index in [9.17, 15) is 22.8 Å². The average Bonchev–Trinajstić information content (AvgIpc) is 2.84. The summed E-state index contributed by atoms with van der Waals surface area (Å²) in [5.74, 6) is -5.51. The minimum atomic E-state index is -1.71. The number of carbonyl (C=O) groups is 2. The number of halogens is 4. The van der Waals surface area contributed by atoms with Gasteiger partial charge in [-0.15, -0.1) is 0 Å². The van der Waals surface area contributed by atoms with Gasteiger partial charge in [0.1, 0.15) is 6.04 Å². The molecule has 1 atom stereocenters. The van der Waals surface area contributed by atoms with E-state index in [-0.39, 0.29) is 6.54 Å². The van der Waals surface area contributed by atoms with Crippen molar-refractivity contribution in [1.82, 2.24) is 4.90 Å². The Morgan fingerprint density at radius 3 is 2.53 bits per heavy atom. The number of nitrogens with zero attached hydrogens (tertiary/aromatic N) is 1. The lowest BCUT2D eigenvalue weighted by Gasteiger charge is -2.22. The maximum absolute atomic E-state index is 13.5. The molecule has 1 aliphatic rings. The highest BCUT2D eigenvalue weighted by Crippen LogP contribution is 2.24. The van der Waals surface area contributed by atoms with Gasteiger partial charge >= 0.3 is 0 Å². The molecule has 1 saturated heterocycles. The predicted molar refractivity (Wildman–Crippen MR) is 61.2 cm³/mol. The van der Waals surface area contributed by atoms with E-state index >= 15 is 0 Å². The number of carbonyl (C=O) groups excluding carboxylic acids is 2. The molecule has 1 aromatic carbocycles. The Morgan fingerprint density at radius 1 is 1.21 bits per heavy atom. The second-order valence-electron chi connectivity index (χ2n) is 4.18. The van der Waals surface area contributed by atoms with Crippen LogP contribution in [-0.4, -0.2) is 28.6 Å². The first kappa shape index (κ1) is 13.9. The van der Waals surface area contributed by atoms with Crippen LogP contribution in [-0.2, 0) is 4.79 Å². The average molecular weight is 292 g/mol. The summed E-state index contributed by atoms with van der Waals surface area (Å²) in [6, 6.07) is 0.672. The summed E-state index contributed by atoms with van der Waals surface area (Å²) >= 11 is 5.35. The van der Waals surface area contributed by atoms with Gasteiger partial charge in [0, 0.05) is 6.54 Å². The van der Waals surface area contributed by atoms with Gasteiger partial charge in [0.2, 0.25) is 5.24 Å². The second kappa shape index (κ2) is 5.21. The van der Waals surface area contributed by atoms with Crippen LogP contribution in [0.15, 0.2) is 12.1 Å². The van der Waals surface area contributed by atoms with Gasteiger partial charge in [0.15, 0.2) is 17.5 Å². The van der Waals surface area contributed by atoms with E-state index < -0.39 is 40.2 Å². The van der Waals surface area contributed by atoms with E-state index in [1.54, 1.807) is 0 Å². The minimum absolute atomic E-state index is 0.223. The monoisotopic (exact) mass is 291 g/mol. The molecule has 1 heterocycles. The fourth-order valence-corrected chi connectivity index (χ4v) is 2.32. The molecule has 102 valence electrons. The van der Waals surface area contributed by atoms with Crippen molar-refractivity contribution in [2.24, 2.45) is 0 Å². The number of amides is 1. The molecular formula is C12H9ClF3NO2. The summed E-state index contributed by atoms with van der Waals surface area (Å²) < 4.78 is 39.4. The van der Waals surface area contributed by atoms with Crippen LogP contribution in [0.2, 0.25) is 0 Å². The summed E-state index contributed by atoms with van der Waals surface area (Å²) in [5, 5.41) is -0.728. The largest absolute Gasteiger partial charge is 0.327 e. The molecule has 7 heteroatoms. The Balaban J connectivity index is 2.35. The number of likely N-dealkylation sites (tertiary alicyclic amines) is 1. The lowest BCUT2D eigenvalue weighted by atomic mass is 10.1. The number of benzene rings is 1. The van der Waals surface area contributed by atoms with Crippen molar-refractivity contribution in [3.8, 4) is 0 Å². The quantitative estimate of drug-likeness (QED) is 0.620. The van der Waals surface area contributed by atoms with E-state index in [0.29, 0.717) is 18.9 Å². The van der Waals surface area contributed by atoms with E-state index in [0.717, 1.165) is 11.0 Å². The topological polar surface area (TPSA) is 37.4 Å². The van der Waals surface area contributed by atoms with Crippen molar-refractivity contribution >= 4 is 22.8 Å². The fraction of sp³-hybridized carbons (Fsp3) is 0.333. The van der Waals surface area contributed by atoms with E-state index in [1.807, 2.05) is 0 Å². The van der Waals surface area contributed by atoms with E-state index in [1.165, 1.54) is 0 Å². The van der Waals surface area contributed by atoms with Gasteiger partial charge in [-0.1, -0.05) is 0 Å². The molecule has 3 nitrogen and oxygen atoms in total. The molecular weight excluding hydrogens is 283 g/mol. The van der Waals surface area contributed by atoms with Gasteiger partial charge in [-0.2, -0.15) is 0 Å². The van der Waals surface area contributed by atoms with Gasteiger partial charge in [-0.05, 0) is 36.6 Å². The number of rotatable bonds is 2. The fourth-order valence-electron chi connectivity index (χ4n) is 2.09. The molecule has 0 bridgehead atoms. The standard InChI is InChI=1S/C12H9ClF3NO2/c13-11(18)8-2-1-5-17(8)12(19)6-3-4-7(14)10(16)9(6)15/h3-4,8H,1-2,5H2.